The van der Waals surface area contributed by atoms with Crippen LogP contribution in [0.4, 0.5) is 5.82 Å². The lowest BCUT2D eigenvalue weighted by atomic mass is 9.90. The molecule has 0 spiro atoms. The number of anilines is 1. The Morgan fingerprint density at radius 3 is 2.53 bits per heavy atom. The normalized spacial score (nSPS) is 24.6. The van der Waals surface area contributed by atoms with Gasteiger partial charge in [0.2, 0.25) is 17.7 Å². The topological polar surface area (TPSA) is 141 Å². The number of pyridine rings is 1. The molecule has 1 aliphatic carbocycles. The lowest BCUT2D eigenvalue weighted by Crippen LogP contribution is -2.52. The zero-order chi connectivity index (χ0) is 29.0. The van der Waals surface area contributed by atoms with Gasteiger partial charge in [-0.05, 0) is 47.8 Å². The van der Waals surface area contributed by atoms with Gasteiger partial charge in [-0.2, -0.15) is 5.26 Å². The summed E-state index contributed by atoms with van der Waals surface area (Å²) < 4.78 is 0. The van der Waals surface area contributed by atoms with Crippen LogP contribution >= 0.6 is 0 Å². The molecule has 9 nitrogen and oxygen atoms in total. The van der Waals surface area contributed by atoms with Crippen LogP contribution in [0.5, 0.6) is 0 Å². The number of likely N-dealkylation sites (tertiary alicyclic amines) is 1. The molecular weight excluding hydrogens is 480 g/mol. The number of carbonyl (C=O) groups is 3. The summed E-state index contributed by atoms with van der Waals surface area (Å²) in [7, 11) is 0. The van der Waals surface area contributed by atoms with E-state index in [0.717, 1.165) is 5.56 Å². The molecule has 208 valence electrons. The minimum atomic E-state index is -0.843. The molecule has 5 atom stereocenters. The number of nitrogens with two attached hydrogens (primary N) is 1. The molecule has 4 N–H and O–H groups in total. The molecule has 1 aromatic heterocycles. The van der Waals surface area contributed by atoms with Crippen LogP contribution in [0, 0.1) is 34.0 Å². The van der Waals surface area contributed by atoms with Crippen molar-refractivity contribution in [1.82, 2.24) is 15.2 Å². The van der Waals surface area contributed by atoms with Crippen molar-refractivity contribution < 1.29 is 14.4 Å². The van der Waals surface area contributed by atoms with Gasteiger partial charge >= 0.3 is 0 Å². The van der Waals surface area contributed by atoms with Crippen molar-refractivity contribution in [1.29, 1.82) is 5.26 Å². The van der Waals surface area contributed by atoms with Gasteiger partial charge in [0.25, 0.3) is 0 Å². The molecule has 3 amide bonds. The zero-order valence-electron chi connectivity index (χ0n) is 24.1. The van der Waals surface area contributed by atoms with Crippen LogP contribution < -0.4 is 16.4 Å². The Morgan fingerprint density at radius 1 is 1.37 bits per heavy atom. The number of piperidine rings is 1. The van der Waals surface area contributed by atoms with E-state index in [2.05, 4.69) is 42.1 Å². The molecule has 2 unspecified atom stereocenters. The minimum Gasteiger partial charge on any atom is -0.403 e. The molecule has 4 rings (SSSR count). The number of carbonyl (C=O) groups excluding carboxylic acids is 3. The smallest absolute Gasteiger partial charge is 0.244 e. The first-order valence-corrected chi connectivity index (χ1v) is 13.3. The fraction of sp³-hybridized carbons (Fsp3) is 0.621. The molecule has 38 heavy (non-hydrogen) atoms. The van der Waals surface area contributed by atoms with Gasteiger partial charge in [0, 0.05) is 24.7 Å². The zero-order valence-corrected chi connectivity index (χ0v) is 24.1. The fourth-order valence-corrected chi connectivity index (χ4v) is 5.42. The molecule has 1 saturated carbocycles. The Bertz CT molecular complexity index is 1100. The van der Waals surface area contributed by atoms with Gasteiger partial charge in [-0.15, -0.1) is 0 Å². The first-order chi connectivity index (χ1) is 17.7. The van der Waals surface area contributed by atoms with Crippen LogP contribution in [0.1, 0.15) is 79.7 Å². The SMILES string of the molecule is C=C(C)N.CC.CC(C)(C)CC(=O)N1C[C@H]2[C@@H]([C@H]1C(=O)NC(C#N)CC1C(=O)Nc3ncccc31)C2(C)C. The first kappa shape index (κ1) is 30.8. The number of nitrogens with one attached hydrogen (secondary N) is 2. The number of fused-ring (bicyclic) bond motifs is 2. The molecule has 0 aromatic carbocycles. The predicted molar refractivity (Wildman–Crippen MR) is 148 cm³/mol. The monoisotopic (exact) mass is 524 g/mol. The summed E-state index contributed by atoms with van der Waals surface area (Å²) >= 11 is 0. The number of aromatic nitrogens is 1. The quantitative estimate of drug-likeness (QED) is 0.533. The van der Waals surface area contributed by atoms with Crippen molar-refractivity contribution in [3.05, 3.63) is 36.2 Å². The van der Waals surface area contributed by atoms with Gasteiger partial charge in [-0.1, -0.05) is 61.1 Å². The number of nitrogens with zero attached hydrogens (tertiary/aromatic N) is 3. The highest BCUT2D eigenvalue weighted by atomic mass is 16.2. The van der Waals surface area contributed by atoms with Gasteiger partial charge in [-0.25, -0.2) is 4.98 Å². The molecule has 0 bridgehead atoms. The molecule has 1 aromatic rings. The third-order valence-corrected chi connectivity index (χ3v) is 7.20. The van der Waals surface area contributed by atoms with Gasteiger partial charge in [0.1, 0.15) is 17.9 Å². The summed E-state index contributed by atoms with van der Waals surface area (Å²) in [5.41, 5.74) is 6.14. The van der Waals surface area contributed by atoms with E-state index in [-0.39, 0.29) is 40.9 Å². The van der Waals surface area contributed by atoms with Gasteiger partial charge in [0.05, 0.1) is 12.0 Å². The molecule has 0 radical (unpaired) electrons. The van der Waals surface area contributed by atoms with E-state index in [1.807, 2.05) is 40.7 Å². The van der Waals surface area contributed by atoms with E-state index < -0.39 is 18.0 Å². The van der Waals surface area contributed by atoms with Crippen molar-refractivity contribution >= 4 is 23.5 Å². The Balaban J connectivity index is 0.000000773. The van der Waals surface area contributed by atoms with Crippen LogP contribution in [-0.2, 0) is 14.4 Å². The Labute approximate surface area is 227 Å². The third kappa shape index (κ3) is 6.91. The van der Waals surface area contributed by atoms with Crippen LogP contribution in [-0.4, -0.2) is 46.2 Å². The summed E-state index contributed by atoms with van der Waals surface area (Å²) in [6, 6.07) is 4.27. The van der Waals surface area contributed by atoms with E-state index in [1.165, 1.54) is 0 Å². The van der Waals surface area contributed by atoms with E-state index >= 15 is 0 Å². The standard InChI is InChI=1S/C24H31N5O3.C3H7N.C2H6/c1-23(2,3)10-17(30)29-12-16-18(24(16,4)5)19(29)22(32)27-13(11-25)9-15-14-7-6-8-26-20(14)28-21(15)31;1-3(2)4;1-2/h6-8,13,15-16,18-19H,9-10,12H2,1-5H3,(H,27,32)(H,26,28,31);1,4H2,2H3;1-2H3/t13?,15?,16-,18-,19-;;/m0../s1. The summed E-state index contributed by atoms with van der Waals surface area (Å²) in [5.74, 6) is -0.212. The average molecular weight is 525 g/mol. The molecule has 2 fully saturated rings. The van der Waals surface area contributed by atoms with Crippen molar-refractivity contribution in [3.8, 4) is 6.07 Å². The molecule has 3 heterocycles. The second-order valence-electron chi connectivity index (χ2n) is 11.9. The van der Waals surface area contributed by atoms with Crippen molar-refractivity contribution in [2.75, 3.05) is 11.9 Å². The second kappa shape index (κ2) is 12.0. The lowest BCUT2D eigenvalue weighted by Gasteiger charge is -2.32. The van der Waals surface area contributed by atoms with E-state index in [9.17, 15) is 19.6 Å². The summed E-state index contributed by atoms with van der Waals surface area (Å²) in [6.07, 6.45) is 2.12. The lowest BCUT2D eigenvalue weighted by molar-refractivity contribution is -0.141. The van der Waals surface area contributed by atoms with Crippen LogP contribution in [0.25, 0.3) is 0 Å². The van der Waals surface area contributed by atoms with E-state index in [0.29, 0.717) is 30.4 Å². The summed E-state index contributed by atoms with van der Waals surface area (Å²) in [5, 5.41) is 15.3. The number of hydrogen-bond donors (Lipinski definition) is 3. The van der Waals surface area contributed by atoms with E-state index in [1.54, 1.807) is 24.1 Å². The second-order valence-corrected chi connectivity index (χ2v) is 11.9. The molecular formula is C29H44N6O3. The van der Waals surface area contributed by atoms with Gasteiger partial charge in [-0.3, -0.25) is 14.4 Å². The number of nitriles is 1. The maximum Gasteiger partial charge on any atom is 0.244 e. The Morgan fingerprint density at radius 2 is 1.97 bits per heavy atom. The minimum absolute atomic E-state index is 0.00138. The first-order valence-electron chi connectivity index (χ1n) is 13.3. The molecule has 3 aliphatic rings. The highest BCUT2D eigenvalue weighted by molar-refractivity contribution is 6.01. The predicted octanol–water partition coefficient (Wildman–Crippen LogP) is 3.94. The van der Waals surface area contributed by atoms with Crippen LogP contribution in [0.3, 0.4) is 0 Å². The highest BCUT2D eigenvalue weighted by Gasteiger charge is 2.69. The van der Waals surface area contributed by atoms with Crippen molar-refractivity contribution in [3.63, 3.8) is 0 Å². The van der Waals surface area contributed by atoms with Gasteiger partial charge in [0.15, 0.2) is 0 Å². The number of hydrogen-bond acceptors (Lipinski definition) is 6. The average Bonchev–Trinajstić information content (AvgIpc) is 3.13. The Hall–Kier alpha value is -3.41. The maximum absolute atomic E-state index is 13.4. The van der Waals surface area contributed by atoms with E-state index in [4.69, 9.17) is 5.73 Å². The molecule has 9 heteroatoms. The number of allylic oxidation sites excluding steroid dienone is 1. The van der Waals surface area contributed by atoms with Crippen molar-refractivity contribution in [2.45, 2.75) is 86.2 Å². The van der Waals surface area contributed by atoms with Crippen molar-refractivity contribution in [2.24, 2.45) is 28.4 Å². The summed E-state index contributed by atoms with van der Waals surface area (Å²) in [4.78, 5) is 44.6. The maximum atomic E-state index is 13.4. The van der Waals surface area contributed by atoms with Crippen LogP contribution in [0.15, 0.2) is 30.6 Å². The molecule has 2 aliphatic heterocycles. The Kier molecular flexibility index (Phi) is 9.71. The highest BCUT2D eigenvalue weighted by Crippen LogP contribution is 2.65. The van der Waals surface area contributed by atoms with Crippen LogP contribution in [0.2, 0.25) is 0 Å². The number of amides is 3. The fourth-order valence-electron chi connectivity index (χ4n) is 5.42. The number of rotatable bonds is 5. The molecule has 1 saturated heterocycles. The third-order valence-electron chi connectivity index (χ3n) is 7.20. The largest absolute Gasteiger partial charge is 0.403 e. The van der Waals surface area contributed by atoms with Gasteiger partial charge < -0.3 is 21.3 Å². The summed E-state index contributed by atoms with van der Waals surface area (Å²) in [6.45, 7) is 19.9.